The van der Waals surface area contributed by atoms with Crippen molar-refractivity contribution in [3.63, 3.8) is 0 Å². The predicted octanol–water partition coefficient (Wildman–Crippen LogP) is 1.30. The van der Waals surface area contributed by atoms with Crippen LogP contribution in [0.3, 0.4) is 0 Å². The van der Waals surface area contributed by atoms with E-state index in [0.29, 0.717) is 12.1 Å². The summed E-state index contributed by atoms with van der Waals surface area (Å²) in [6.45, 7) is 1.44. The van der Waals surface area contributed by atoms with Crippen LogP contribution in [0.2, 0.25) is 0 Å². The lowest BCUT2D eigenvalue weighted by Crippen LogP contribution is -1.86. The van der Waals surface area contributed by atoms with Crippen LogP contribution in [0, 0.1) is 5.92 Å². The van der Waals surface area contributed by atoms with Crippen molar-refractivity contribution in [1.29, 1.82) is 0 Å². The third-order valence-electron chi connectivity index (χ3n) is 1.29. The highest BCUT2D eigenvalue weighted by molar-refractivity contribution is 7.57. The van der Waals surface area contributed by atoms with Crippen LogP contribution in [-0.4, -0.2) is 17.7 Å². The Labute approximate surface area is 49.4 Å². The van der Waals surface area contributed by atoms with Crippen LogP contribution in [0.15, 0.2) is 0 Å². The molecule has 0 radical (unpaired) electrons. The number of rotatable bonds is 2. The van der Waals surface area contributed by atoms with E-state index in [4.69, 9.17) is 4.89 Å². The summed E-state index contributed by atoms with van der Waals surface area (Å²) in [6, 6.07) is 0. The molecule has 1 unspecified atom stereocenters. The van der Waals surface area contributed by atoms with E-state index in [-0.39, 0.29) is 0 Å². The Balaban J connectivity index is 2.26. The molecule has 1 fully saturated rings. The van der Waals surface area contributed by atoms with Crippen LogP contribution in [0.5, 0.6) is 0 Å². The quantitative estimate of drug-likeness (QED) is 0.578. The normalized spacial score (nSPS) is 27.2. The SMILES string of the molecule is CP(=O)(O)CC1CC1. The van der Waals surface area contributed by atoms with E-state index in [1.165, 1.54) is 19.5 Å². The zero-order valence-corrected chi connectivity index (χ0v) is 5.90. The molecule has 2 nitrogen and oxygen atoms in total. The van der Waals surface area contributed by atoms with Crippen molar-refractivity contribution in [1.82, 2.24) is 0 Å². The summed E-state index contributed by atoms with van der Waals surface area (Å²) in [6.07, 6.45) is 2.88. The van der Waals surface area contributed by atoms with Gasteiger partial charge in [0.1, 0.15) is 0 Å². The molecule has 1 N–H and O–H groups in total. The Morgan fingerprint density at radius 2 is 2.25 bits per heavy atom. The Bertz CT molecular complexity index is 122. The summed E-state index contributed by atoms with van der Waals surface area (Å²) >= 11 is 0. The van der Waals surface area contributed by atoms with E-state index in [9.17, 15) is 4.57 Å². The van der Waals surface area contributed by atoms with E-state index < -0.39 is 7.37 Å². The maximum Gasteiger partial charge on any atom is 0.197 e. The molecule has 1 aliphatic rings. The molecule has 0 aromatic carbocycles. The monoisotopic (exact) mass is 134 g/mol. The summed E-state index contributed by atoms with van der Waals surface area (Å²) in [7, 11) is -2.66. The second kappa shape index (κ2) is 1.85. The van der Waals surface area contributed by atoms with Gasteiger partial charge in [0.2, 0.25) is 0 Å². The van der Waals surface area contributed by atoms with Crippen molar-refractivity contribution in [2.45, 2.75) is 12.8 Å². The highest BCUT2D eigenvalue weighted by atomic mass is 31.2. The van der Waals surface area contributed by atoms with Gasteiger partial charge in [-0.05, 0) is 18.8 Å². The molecular formula is C5H11O2P. The van der Waals surface area contributed by atoms with Crippen molar-refractivity contribution < 1.29 is 9.46 Å². The molecule has 0 aromatic heterocycles. The summed E-state index contributed by atoms with van der Waals surface area (Å²) in [5.74, 6) is 0.579. The Hall–Kier alpha value is 0.190. The maximum absolute atomic E-state index is 10.6. The minimum atomic E-state index is -2.66. The molecule has 0 bridgehead atoms. The first-order valence-corrected chi connectivity index (χ1v) is 5.16. The zero-order chi connectivity index (χ0) is 6.20. The highest BCUT2D eigenvalue weighted by Gasteiger charge is 2.27. The molecule has 0 amide bonds. The van der Waals surface area contributed by atoms with Gasteiger partial charge in [0.15, 0.2) is 7.37 Å². The molecule has 1 atom stereocenters. The van der Waals surface area contributed by atoms with Gasteiger partial charge in [-0.25, -0.2) is 0 Å². The van der Waals surface area contributed by atoms with Gasteiger partial charge in [0.05, 0.1) is 0 Å². The molecule has 0 heterocycles. The van der Waals surface area contributed by atoms with E-state index in [1.54, 1.807) is 0 Å². The minimum Gasteiger partial charge on any atom is -0.344 e. The van der Waals surface area contributed by atoms with Crippen LogP contribution in [-0.2, 0) is 4.57 Å². The molecule has 0 aliphatic heterocycles. The summed E-state index contributed by atoms with van der Waals surface area (Å²) < 4.78 is 10.6. The molecule has 1 rings (SSSR count). The lowest BCUT2D eigenvalue weighted by molar-refractivity contribution is 0.482. The van der Waals surface area contributed by atoms with Gasteiger partial charge in [-0.15, -0.1) is 0 Å². The lowest BCUT2D eigenvalue weighted by Gasteiger charge is -2.00. The maximum atomic E-state index is 10.6. The van der Waals surface area contributed by atoms with Gasteiger partial charge in [-0.2, -0.15) is 0 Å². The average molecular weight is 134 g/mol. The largest absolute Gasteiger partial charge is 0.344 e. The smallest absolute Gasteiger partial charge is 0.197 e. The second-order valence-electron chi connectivity index (χ2n) is 2.68. The van der Waals surface area contributed by atoms with Crippen molar-refractivity contribution >= 4 is 7.37 Å². The van der Waals surface area contributed by atoms with Crippen molar-refractivity contribution in [3.8, 4) is 0 Å². The fraction of sp³-hybridized carbons (Fsp3) is 1.00. The van der Waals surface area contributed by atoms with Crippen molar-refractivity contribution in [2.75, 3.05) is 12.8 Å². The standard InChI is InChI=1S/C5H11O2P/c1-8(6,7)4-5-2-3-5/h5H,2-4H2,1H3,(H,6,7). The molecule has 1 saturated carbocycles. The molecule has 0 spiro atoms. The molecule has 1 aliphatic carbocycles. The first-order valence-electron chi connectivity index (χ1n) is 2.87. The molecule has 8 heavy (non-hydrogen) atoms. The first kappa shape index (κ1) is 6.31. The van der Waals surface area contributed by atoms with Gasteiger partial charge < -0.3 is 4.89 Å². The lowest BCUT2D eigenvalue weighted by atomic mass is 10.5. The Morgan fingerprint density at radius 3 is 2.38 bits per heavy atom. The van der Waals surface area contributed by atoms with E-state index >= 15 is 0 Å². The topological polar surface area (TPSA) is 37.3 Å². The fourth-order valence-corrected chi connectivity index (χ4v) is 2.10. The van der Waals surface area contributed by atoms with Gasteiger partial charge >= 0.3 is 0 Å². The highest BCUT2D eigenvalue weighted by Crippen LogP contribution is 2.45. The van der Waals surface area contributed by atoms with E-state index in [2.05, 4.69) is 0 Å². The number of hydrogen-bond acceptors (Lipinski definition) is 1. The van der Waals surface area contributed by atoms with Gasteiger partial charge in [-0.1, -0.05) is 0 Å². The summed E-state index contributed by atoms with van der Waals surface area (Å²) in [5, 5.41) is 0. The predicted molar refractivity (Wildman–Crippen MR) is 33.3 cm³/mol. The third-order valence-corrected chi connectivity index (χ3v) is 2.49. The van der Waals surface area contributed by atoms with Crippen LogP contribution in [0.1, 0.15) is 12.8 Å². The van der Waals surface area contributed by atoms with Crippen LogP contribution < -0.4 is 0 Å². The van der Waals surface area contributed by atoms with Crippen molar-refractivity contribution in [2.24, 2.45) is 5.92 Å². The Kier molecular flexibility index (Phi) is 1.46. The van der Waals surface area contributed by atoms with Crippen LogP contribution >= 0.6 is 7.37 Å². The van der Waals surface area contributed by atoms with Crippen LogP contribution in [0.25, 0.3) is 0 Å². The molecular weight excluding hydrogens is 123 g/mol. The first-order chi connectivity index (χ1) is 3.58. The minimum absolute atomic E-state index is 0.549. The molecule has 0 aromatic rings. The van der Waals surface area contributed by atoms with Gasteiger partial charge in [0, 0.05) is 12.8 Å². The zero-order valence-electron chi connectivity index (χ0n) is 5.00. The summed E-state index contributed by atoms with van der Waals surface area (Å²) in [5.41, 5.74) is 0. The summed E-state index contributed by atoms with van der Waals surface area (Å²) in [4.78, 5) is 8.78. The van der Waals surface area contributed by atoms with Gasteiger partial charge in [0.25, 0.3) is 0 Å². The second-order valence-corrected chi connectivity index (χ2v) is 5.14. The average Bonchev–Trinajstić information content (AvgIpc) is 2.12. The van der Waals surface area contributed by atoms with E-state index in [0.717, 1.165) is 0 Å². The fourth-order valence-electron chi connectivity index (χ4n) is 0.780. The third kappa shape index (κ3) is 2.49. The Morgan fingerprint density at radius 1 is 1.75 bits per heavy atom. The molecule has 48 valence electrons. The van der Waals surface area contributed by atoms with E-state index in [1.807, 2.05) is 0 Å². The van der Waals surface area contributed by atoms with Crippen LogP contribution in [0.4, 0.5) is 0 Å². The van der Waals surface area contributed by atoms with Gasteiger partial charge in [-0.3, -0.25) is 4.57 Å². The molecule has 3 heteroatoms. The number of hydrogen-bond donors (Lipinski definition) is 1. The van der Waals surface area contributed by atoms with Crippen molar-refractivity contribution in [3.05, 3.63) is 0 Å². The molecule has 0 saturated heterocycles.